The quantitative estimate of drug-likeness (QED) is 0.881. The van der Waals surface area contributed by atoms with Crippen molar-refractivity contribution in [2.24, 2.45) is 7.05 Å². The van der Waals surface area contributed by atoms with Crippen LogP contribution in [-0.4, -0.2) is 44.4 Å². The lowest BCUT2D eigenvalue weighted by molar-refractivity contribution is 0.0685. The lowest BCUT2D eigenvalue weighted by atomic mass is 10.1. The largest absolute Gasteiger partial charge is 0.477 e. The van der Waals surface area contributed by atoms with Gasteiger partial charge in [-0.3, -0.25) is 9.58 Å². The Bertz CT molecular complexity index is 439. The third-order valence-electron chi connectivity index (χ3n) is 3.68. The van der Waals surface area contributed by atoms with E-state index in [0.717, 1.165) is 18.7 Å². The summed E-state index contributed by atoms with van der Waals surface area (Å²) in [4.78, 5) is 13.5. The highest BCUT2D eigenvalue weighted by molar-refractivity contribution is 5.85. The normalized spacial score (nSPS) is 20.8. The smallest absolute Gasteiger partial charge is 0.354 e. The van der Waals surface area contributed by atoms with Crippen LogP contribution in [0.2, 0.25) is 0 Å². The first kappa shape index (κ1) is 13.1. The number of nitrogens with zero attached hydrogens (tertiary/aromatic N) is 3. The average Bonchev–Trinajstić information content (AvgIpc) is 2.85. The van der Waals surface area contributed by atoms with Crippen molar-refractivity contribution in [3.05, 3.63) is 17.5 Å². The molecule has 1 N–H and O–H groups in total. The van der Waals surface area contributed by atoms with Crippen molar-refractivity contribution in [1.29, 1.82) is 0 Å². The topological polar surface area (TPSA) is 58.4 Å². The van der Waals surface area contributed by atoms with Gasteiger partial charge in [-0.15, -0.1) is 0 Å². The Balaban J connectivity index is 2.09. The molecule has 1 atom stereocenters. The van der Waals surface area contributed by atoms with E-state index < -0.39 is 5.97 Å². The molecule has 5 nitrogen and oxygen atoms in total. The fraction of sp³-hybridized carbons (Fsp3) is 0.692. The van der Waals surface area contributed by atoms with Crippen molar-refractivity contribution in [2.75, 3.05) is 6.54 Å². The fourth-order valence-corrected chi connectivity index (χ4v) is 2.82. The summed E-state index contributed by atoms with van der Waals surface area (Å²) in [5, 5.41) is 13.3. The number of hydrogen-bond donors (Lipinski definition) is 1. The van der Waals surface area contributed by atoms with Gasteiger partial charge in [-0.05, 0) is 39.3 Å². The average molecular weight is 251 g/mol. The third kappa shape index (κ3) is 2.56. The highest BCUT2D eigenvalue weighted by Gasteiger charge is 2.27. The Morgan fingerprint density at radius 1 is 1.61 bits per heavy atom. The number of aryl methyl sites for hydroxylation is 1. The Morgan fingerprint density at radius 3 is 2.89 bits per heavy atom. The molecule has 0 spiro atoms. The van der Waals surface area contributed by atoms with Crippen molar-refractivity contribution in [2.45, 2.75) is 45.2 Å². The van der Waals surface area contributed by atoms with Crippen LogP contribution >= 0.6 is 0 Å². The molecule has 1 saturated heterocycles. The third-order valence-corrected chi connectivity index (χ3v) is 3.68. The van der Waals surface area contributed by atoms with E-state index in [1.54, 1.807) is 13.1 Å². The van der Waals surface area contributed by atoms with E-state index >= 15 is 0 Å². The van der Waals surface area contributed by atoms with Crippen LogP contribution in [0.25, 0.3) is 0 Å². The highest BCUT2D eigenvalue weighted by Crippen LogP contribution is 2.23. The Morgan fingerprint density at radius 2 is 2.33 bits per heavy atom. The molecular formula is C13H21N3O2. The predicted octanol–water partition coefficient (Wildman–Crippen LogP) is 1.53. The first-order chi connectivity index (χ1) is 8.49. The van der Waals surface area contributed by atoms with Crippen LogP contribution in [0.15, 0.2) is 6.07 Å². The standard InChI is InChI=1S/C13H21N3O2/c1-9(2)16-6-4-5-11(16)7-10-8-12(13(17)18)15(3)14-10/h8-9,11H,4-7H2,1-3H3,(H,17,18). The summed E-state index contributed by atoms with van der Waals surface area (Å²) in [5.74, 6) is -0.914. The highest BCUT2D eigenvalue weighted by atomic mass is 16.4. The lowest BCUT2D eigenvalue weighted by Gasteiger charge is -2.27. The van der Waals surface area contributed by atoms with Crippen LogP contribution in [0, 0.1) is 0 Å². The van der Waals surface area contributed by atoms with Crippen LogP contribution in [0.5, 0.6) is 0 Å². The Labute approximate surface area is 107 Å². The maximum absolute atomic E-state index is 11.0. The van der Waals surface area contributed by atoms with Crippen LogP contribution in [0.3, 0.4) is 0 Å². The zero-order valence-corrected chi connectivity index (χ0v) is 11.3. The van der Waals surface area contributed by atoms with E-state index in [4.69, 9.17) is 5.11 Å². The molecular weight excluding hydrogens is 230 g/mol. The van der Waals surface area contributed by atoms with Crippen molar-refractivity contribution < 1.29 is 9.90 Å². The van der Waals surface area contributed by atoms with Crippen molar-refractivity contribution in [3.63, 3.8) is 0 Å². The number of carboxylic acids is 1. The maximum Gasteiger partial charge on any atom is 0.354 e. The van der Waals surface area contributed by atoms with Crippen molar-refractivity contribution in [1.82, 2.24) is 14.7 Å². The second kappa shape index (κ2) is 5.10. The first-order valence-electron chi connectivity index (χ1n) is 6.51. The molecule has 0 aromatic carbocycles. The molecule has 2 heterocycles. The van der Waals surface area contributed by atoms with Crippen LogP contribution in [0.1, 0.15) is 42.9 Å². The van der Waals surface area contributed by atoms with Gasteiger partial charge in [0.2, 0.25) is 0 Å². The minimum Gasteiger partial charge on any atom is -0.477 e. The van der Waals surface area contributed by atoms with Gasteiger partial charge in [0.15, 0.2) is 0 Å². The molecule has 0 aliphatic carbocycles. The zero-order chi connectivity index (χ0) is 13.3. The molecule has 1 aromatic heterocycles. The second-order valence-corrected chi connectivity index (χ2v) is 5.28. The number of carboxylic acid groups (broad SMARTS) is 1. The first-order valence-corrected chi connectivity index (χ1v) is 6.51. The molecule has 0 amide bonds. The molecule has 1 aliphatic rings. The van der Waals surface area contributed by atoms with E-state index in [1.165, 1.54) is 17.5 Å². The molecule has 1 aliphatic heterocycles. The summed E-state index contributed by atoms with van der Waals surface area (Å²) >= 11 is 0. The lowest BCUT2D eigenvalue weighted by Crippen LogP contribution is -2.36. The summed E-state index contributed by atoms with van der Waals surface area (Å²) in [6.45, 7) is 5.56. The second-order valence-electron chi connectivity index (χ2n) is 5.28. The molecule has 1 aromatic rings. The summed E-state index contributed by atoms with van der Waals surface area (Å²) in [6, 6.07) is 2.74. The summed E-state index contributed by atoms with van der Waals surface area (Å²) in [6.07, 6.45) is 3.25. The monoisotopic (exact) mass is 251 g/mol. The molecule has 0 radical (unpaired) electrons. The predicted molar refractivity (Wildman–Crippen MR) is 68.7 cm³/mol. The fourth-order valence-electron chi connectivity index (χ4n) is 2.82. The van der Waals surface area contributed by atoms with E-state index in [1.807, 2.05) is 0 Å². The minimum absolute atomic E-state index is 0.263. The summed E-state index contributed by atoms with van der Waals surface area (Å²) in [5.41, 5.74) is 1.14. The number of aromatic nitrogens is 2. The van der Waals surface area contributed by atoms with Crippen molar-refractivity contribution in [3.8, 4) is 0 Å². The number of carbonyl (C=O) groups is 1. The minimum atomic E-state index is -0.914. The number of likely N-dealkylation sites (tertiary alicyclic amines) is 1. The van der Waals surface area contributed by atoms with Crippen LogP contribution in [0.4, 0.5) is 0 Å². The van der Waals surface area contributed by atoms with Gasteiger partial charge in [0.05, 0.1) is 5.69 Å². The Hall–Kier alpha value is -1.36. The molecule has 5 heteroatoms. The molecule has 0 bridgehead atoms. The van der Waals surface area contributed by atoms with Gasteiger partial charge in [-0.1, -0.05) is 0 Å². The van der Waals surface area contributed by atoms with E-state index in [-0.39, 0.29) is 5.69 Å². The molecule has 18 heavy (non-hydrogen) atoms. The Kier molecular flexibility index (Phi) is 3.71. The van der Waals surface area contributed by atoms with Gasteiger partial charge in [0, 0.05) is 25.6 Å². The molecule has 1 fully saturated rings. The number of aromatic carboxylic acids is 1. The van der Waals surface area contributed by atoms with Gasteiger partial charge in [0.25, 0.3) is 0 Å². The van der Waals surface area contributed by atoms with Gasteiger partial charge in [-0.2, -0.15) is 5.10 Å². The van der Waals surface area contributed by atoms with Crippen LogP contribution < -0.4 is 0 Å². The molecule has 0 saturated carbocycles. The van der Waals surface area contributed by atoms with Gasteiger partial charge in [-0.25, -0.2) is 4.79 Å². The maximum atomic E-state index is 11.0. The van der Waals surface area contributed by atoms with E-state index in [2.05, 4.69) is 23.8 Å². The zero-order valence-electron chi connectivity index (χ0n) is 11.3. The van der Waals surface area contributed by atoms with Gasteiger partial charge in [0.1, 0.15) is 5.69 Å². The molecule has 2 rings (SSSR count). The number of rotatable bonds is 4. The van der Waals surface area contributed by atoms with Crippen LogP contribution in [-0.2, 0) is 13.5 Å². The van der Waals surface area contributed by atoms with Crippen molar-refractivity contribution >= 4 is 5.97 Å². The van der Waals surface area contributed by atoms with Gasteiger partial charge < -0.3 is 5.11 Å². The number of hydrogen-bond acceptors (Lipinski definition) is 3. The van der Waals surface area contributed by atoms with E-state index in [0.29, 0.717) is 12.1 Å². The van der Waals surface area contributed by atoms with E-state index in [9.17, 15) is 4.79 Å². The molecule has 1 unspecified atom stereocenters. The SMILES string of the molecule is CC(C)N1CCCC1Cc1cc(C(=O)O)n(C)n1. The van der Waals surface area contributed by atoms with Gasteiger partial charge >= 0.3 is 5.97 Å². The summed E-state index contributed by atoms with van der Waals surface area (Å²) < 4.78 is 1.45. The molecule has 100 valence electrons. The summed E-state index contributed by atoms with van der Waals surface area (Å²) in [7, 11) is 1.68.